The average molecular weight is 299 g/mol. The number of hydrogen-bond donors (Lipinski definition) is 1. The highest BCUT2D eigenvalue weighted by Crippen LogP contribution is 2.36. The number of nitrogens with zero attached hydrogens (tertiary/aromatic N) is 1. The van der Waals surface area contributed by atoms with Crippen LogP contribution in [-0.2, 0) is 7.05 Å². The number of aromatic nitrogens is 1. The van der Waals surface area contributed by atoms with Crippen LogP contribution in [0, 0.1) is 5.41 Å². The number of hydrogen-bond acceptors (Lipinski definition) is 1. The van der Waals surface area contributed by atoms with Gasteiger partial charge in [-0.1, -0.05) is 19.8 Å². The molecule has 0 spiro atoms. The SMILES string of the molecule is Cn1cc(Br)cc1C(=O)NCC1(C)CCCC1. The minimum absolute atomic E-state index is 0.0197. The van der Waals surface area contributed by atoms with E-state index in [-0.39, 0.29) is 5.91 Å². The molecule has 2 rings (SSSR count). The minimum Gasteiger partial charge on any atom is -0.350 e. The molecule has 0 atom stereocenters. The van der Waals surface area contributed by atoms with Gasteiger partial charge in [0.25, 0.3) is 5.91 Å². The fourth-order valence-corrected chi connectivity index (χ4v) is 3.06. The normalized spacial score (nSPS) is 18.3. The average Bonchev–Trinajstić information content (AvgIpc) is 2.83. The Morgan fingerprint density at radius 2 is 2.18 bits per heavy atom. The summed E-state index contributed by atoms with van der Waals surface area (Å²) in [5.41, 5.74) is 1.01. The molecule has 0 unspecified atom stereocenters. The van der Waals surface area contributed by atoms with Crippen LogP contribution in [0.4, 0.5) is 0 Å². The molecule has 94 valence electrons. The lowest BCUT2D eigenvalue weighted by atomic mass is 9.89. The first-order valence-electron chi connectivity index (χ1n) is 6.10. The fraction of sp³-hybridized carbons (Fsp3) is 0.615. The molecular formula is C13H19BrN2O. The van der Waals surface area contributed by atoms with Crippen LogP contribution < -0.4 is 5.32 Å². The van der Waals surface area contributed by atoms with Gasteiger partial charge in [0.2, 0.25) is 0 Å². The predicted octanol–water partition coefficient (Wildman–Crippen LogP) is 3.10. The largest absolute Gasteiger partial charge is 0.350 e. The molecule has 1 aromatic rings. The van der Waals surface area contributed by atoms with Crippen LogP contribution in [-0.4, -0.2) is 17.0 Å². The van der Waals surface area contributed by atoms with Crippen molar-refractivity contribution in [3.63, 3.8) is 0 Å². The second kappa shape index (κ2) is 4.84. The molecule has 1 aromatic heterocycles. The maximum atomic E-state index is 12.0. The Morgan fingerprint density at radius 1 is 1.53 bits per heavy atom. The number of carbonyl (C=O) groups is 1. The lowest BCUT2D eigenvalue weighted by molar-refractivity contribution is 0.0926. The topological polar surface area (TPSA) is 34.0 Å². The van der Waals surface area contributed by atoms with Crippen molar-refractivity contribution in [3.05, 3.63) is 22.4 Å². The van der Waals surface area contributed by atoms with Crippen molar-refractivity contribution in [2.45, 2.75) is 32.6 Å². The summed E-state index contributed by atoms with van der Waals surface area (Å²) in [6.45, 7) is 3.05. The predicted molar refractivity (Wildman–Crippen MR) is 72.0 cm³/mol. The molecule has 1 fully saturated rings. The fourth-order valence-electron chi connectivity index (χ4n) is 2.54. The van der Waals surface area contributed by atoms with E-state index in [4.69, 9.17) is 0 Å². The number of amides is 1. The Labute approximate surface area is 111 Å². The molecule has 1 aliphatic carbocycles. The number of aryl methyl sites for hydroxylation is 1. The second-order valence-corrected chi connectivity index (χ2v) is 6.27. The number of carbonyl (C=O) groups excluding carboxylic acids is 1. The molecule has 3 nitrogen and oxygen atoms in total. The van der Waals surface area contributed by atoms with E-state index in [9.17, 15) is 4.79 Å². The first-order valence-corrected chi connectivity index (χ1v) is 6.90. The molecule has 17 heavy (non-hydrogen) atoms. The molecule has 0 radical (unpaired) electrons. The first-order chi connectivity index (χ1) is 8.00. The lowest BCUT2D eigenvalue weighted by Crippen LogP contribution is -2.34. The van der Waals surface area contributed by atoms with Crippen molar-refractivity contribution in [2.75, 3.05) is 6.54 Å². The van der Waals surface area contributed by atoms with Gasteiger partial charge in [-0.25, -0.2) is 0 Å². The van der Waals surface area contributed by atoms with E-state index in [1.54, 1.807) is 0 Å². The minimum atomic E-state index is 0.0197. The molecule has 0 aromatic carbocycles. The number of rotatable bonds is 3. The van der Waals surface area contributed by atoms with E-state index < -0.39 is 0 Å². The molecule has 1 N–H and O–H groups in total. The summed E-state index contributed by atoms with van der Waals surface area (Å²) in [6.07, 6.45) is 6.94. The van der Waals surface area contributed by atoms with Gasteiger partial charge in [0, 0.05) is 24.3 Å². The van der Waals surface area contributed by atoms with Crippen LogP contribution >= 0.6 is 15.9 Å². The third kappa shape index (κ3) is 2.92. The smallest absolute Gasteiger partial charge is 0.267 e. The van der Waals surface area contributed by atoms with Crippen molar-refractivity contribution in [2.24, 2.45) is 12.5 Å². The zero-order valence-corrected chi connectivity index (χ0v) is 12.0. The summed E-state index contributed by atoms with van der Waals surface area (Å²) in [7, 11) is 1.89. The van der Waals surface area contributed by atoms with Gasteiger partial charge in [-0.05, 0) is 40.3 Å². The van der Waals surface area contributed by atoms with Gasteiger partial charge < -0.3 is 9.88 Å². The molecule has 0 saturated heterocycles. The van der Waals surface area contributed by atoms with E-state index in [0.717, 1.165) is 11.0 Å². The highest BCUT2D eigenvalue weighted by Gasteiger charge is 2.29. The zero-order chi connectivity index (χ0) is 12.5. The maximum absolute atomic E-state index is 12.0. The summed E-state index contributed by atoms with van der Waals surface area (Å²) in [6, 6.07) is 1.85. The highest BCUT2D eigenvalue weighted by molar-refractivity contribution is 9.10. The number of halogens is 1. The van der Waals surface area contributed by atoms with E-state index in [1.807, 2.05) is 23.9 Å². The molecule has 0 bridgehead atoms. The van der Waals surface area contributed by atoms with Gasteiger partial charge >= 0.3 is 0 Å². The highest BCUT2D eigenvalue weighted by atomic mass is 79.9. The molecule has 1 saturated carbocycles. The van der Waals surface area contributed by atoms with E-state index in [1.165, 1.54) is 25.7 Å². The van der Waals surface area contributed by atoms with Gasteiger partial charge in [0.15, 0.2) is 0 Å². The van der Waals surface area contributed by atoms with Crippen LogP contribution in [0.2, 0.25) is 0 Å². The van der Waals surface area contributed by atoms with Crippen molar-refractivity contribution in [1.29, 1.82) is 0 Å². The van der Waals surface area contributed by atoms with Crippen LogP contribution in [0.15, 0.2) is 16.7 Å². The van der Waals surface area contributed by atoms with E-state index >= 15 is 0 Å². The Balaban J connectivity index is 1.95. The molecule has 0 aliphatic heterocycles. The van der Waals surface area contributed by atoms with Gasteiger partial charge in [0.1, 0.15) is 5.69 Å². The molecule has 4 heteroatoms. The molecule has 1 heterocycles. The van der Waals surface area contributed by atoms with E-state index in [0.29, 0.717) is 11.1 Å². The van der Waals surface area contributed by atoms with Gasteiger partial charge in [-0.15, -0.1) is 0 Å². The first kappa shape index (κ1) is 12.7. The lowest BCUT2D eigenvalue weighted by Gasteiger charge is -2.23. The second-order valence-electron chi connectivity index (χ2n) is 5.35. The van der Waals surface area contributed by atoms with Crippen LogP contribution in [0.3, 0.4) is 0 Å². The summed E-state index contributed by atoms with van der Waals surface area (Å²) in [4.78, 5) is 12.0. The summed E-state index contributed by atoms with van der Waals surface area (Å²) in [5.74, 6) is 0.0197. The Morgan fingerprint density at radius 3 is 2.71 bits per heavy atom. The van der Waals surface area contributed by atoms with Crippen LogP contribution in [0.5, 0.6) is 0 Å². The van der Waals surface area contributed by atoms with Gasteiger partial charge in [-0.3, -0.25) is 4.79 Å². The summed E-state index contributed by atoms with van der Waals surface area (Å²) in [5, 5.41) is 3.05. The van der Waals surface area contributed by atoms with E-state index in [2.05, 4.69) is 28.2 Å². The Kier molecular flexibility index (Phi) is 3.61. The summed E-state index contributed by atoms with van der Waals surface area (Å²) < 4.78 is 2.79. The Hall–Kier alpha value is -0.770. The standard InChI is InChI=1S/C13H19BrN2O/c1-13(5-3-4-6-13)9-15-12(17)11-7-10(14)8-16(11)2/h7-8H,3-6,9H2,1-2H3,(H,15,17). The Bertz CT molecular complexity index is 419. The third-order valence-corrected chi connectivity index (χ3v) is 4.12. The molecular weight excluding hydrogens is 280 g/mol. The molecule has 1 aliphatic rings. The van der Waals surface area contributed by atoms with Crippen molar-refractivity contribution in [3.8, 4) is 0 Å². The zero-order valence-electron chi connectivity index (χ0n) is 10.4. The van der Waals surface area contributed by atoms with Crippen molar-refractivity contribution < 1.29 is 4.79 Å². The molecule has 1 amide bonds. The van der Waals surface area contributed by atoms with Crippen molar-refractivity contribution >= 4 is 21.8 Å². The van der Waals surface area contributed by atoms with Crippen LogP contribution in [0.1, 0.15) is 43.1 Å². The van der Waals surface area contributed by atoms with Crippen molar-refractivity contribution in [1.82, 2.24) is 9.88 Å². The summed E-state index contributed by atoms with van der Waals surface area (Å²) >= 11 is 3.38. The monoisotopic (exact) mass is 298 g/mol. The van der Waals surface area contributed by atoms with Gasteiger partial charge in [0.05, 0.1) is 0 Å². The van der Waals surface area contributed by atoms with Gasteiger partial charge in [-0.2, -0.15) is 0 Å². The quantitative estimate of drug-likeness (QED) is 0.914. The van der Waals surface area contributed by atoms with Crippen LogP contribution in [0.25, 0.3) is 0 Å². The number of nitrogens with one attached hydrogen (secondary N) is 1. The maximum Gasteiger partial charge on any atom is 0.267 e. The third-order valence-electron chi connectivity index (χ3n) is 3.69.